The topological polar surface area (TPSA) is 63.7 Å². The van der Waals surface area contributed by atoms with Gasteiger partial charge in [0.1, 0.15) is 0 Å². The van der Waals surface area contributed by atoms with Crippen molar-refractivity contribution in [2.75, 3.05) is 11.5 Å². The van der Waals surface area contributed by atoms with E-state index < -0.39 is 5.97 Å². The van der Waals surface area contributed by atoms with Crippen LogP contribution in [-0.2, 0) is 14.3 Å². The van der Waals surface area contributed by atoms with Crippen LogP contribution in [0.25, 0.3) is 0 Å². The summed E-state index contributed by atoms with van der Waals surface area (Å²) in [7, 11) is 0. The number of benzene rings is 1. The number of hydrogen-bond acceptors (Lipinski definition) is 4. The molecule has 0 unspecified atom stereocenters. The largest absolute Gasteiger partial charge is 0.462 e. The number of hydrogen-bond donors (Lipinski definition) is 0. The van der Waals surface area contributed by atoms with E-state index in [1.54, 1.807) is 31.2 Å². The lowest BCUT2D eigenvalue weighted by Gasteiger charge is -2.17. The van der Waals surface area contributed by atoms with Gasteiger partial charge >= 0.3 is 5.97 Å². The van der Waals surface area contributed by atoms with Crippen LogP contribution in [0.4, 0.5) is 5.69 Å². The number of allylic oxidation sites excluding steroid dienone is 2. The molecule has 23 heavy (non-hydrogen) atoms. The van der Waals surface area contributed by atoms with Crippen LogP contribution in [0.15, 0.2) is 36.4 Å². The van der Waals surface area contributed by atoms with Crippen LogP contribution in [0.1, 0.15) is 23.7 Å². The van der Waals surface area contributed by atoms with Gasteiger partial charge in [0.05, 0.1) is 29.7 Å². The highest BCUT2D eigenvalue weighted by Gasteiger charge is 2.59. The van der Waals surface area contributed by atoms with Gasteiger partial charge in [0.2, 0.25) is 11.8 Å². The highest BCUT2D eigenvalue weighted by molar-refractivity contribution is 6.23. The van der Waals surface area contributed by atoms with Gasteiger partial charge in [-0.15, -0.1) is 0 Å². The maximum absolute atomic E-state index is 12.7. The molecule has 5 nitrogen and oxygen atoms in total. The zero-order valence-electron chi connectivity index (χ0n) is 12.8. The molecule has 2 bridgehead atoms. The van der Waals surface area contributed by atoms with E-state index in [4.69, 9.17) is 4.74 Å². The third-order valence-corrected chi connectivity index (χ3v) is 5.09. The van der Waals surface area contributed by atoms with Gasteiger partial charge in [-0.1, -0.05) is 18.2 Å². The van der Waals surface area contributed by atoms with E-state index in [-0.39, 0.29) is 42.1 Å². The van der Waals surface area contributed by atoms with E-state index in [0.717, 1.165) is 6.42 Å². The van der Waals surface area contributed by atoms with E-state index in [1.165, 1.54) is 4.90 Å². The van der Waals surface area contributed by atoms with Crippen molar-refractivity contribution >= 4 is 23.5 Å². The highest BCUT2D eigenvalue weighted by Crippen LogP contribution is 2.53. The number of esters is 1. The summed E-state index contributed by atoms with van der Waals surface area (Å²) < 4.78 is 4.98. The average molecular weight is 311 g/mol. The third-order valence-electron chi connectivity index (χ3n) is 5.09. The number of imide groups is 1. The lowest BCUT2D eigenvalue weighted by atomic mass is 9.85. The number of fused-ring (bicyclic) bond motifs is 5. The summed E-state index contributed by atoms with van der Waals surface area (Å²) in [5.41, 5.74) is 0.808. The Balaban J connectivity index is 1.67. The van der Waals surface area contributed by atoms with Crippen LogP contribution in [0.2, 0.25) is 0 Å². The molecule has 3 aliphatic rings. The van der Waals surface area contributed by atoms with Crippen molar-refractivity contribution in [2.24, 2.45) is 23.7 Å². The summed E-state index contributed by atoms with van der Waals surface area (Å²) in [6, 6.07) is 6.54. The molecule has 2 fully saturated rings. The molecular weight excluding hydrogens is 294 g/mol. The second-order valence-corrected chi connectivity index (χ2v) is 6.28. The van der Waals surface area contributed by atoms with Crippen LogP contribution in [-0.4, -0.2) is 24.4 Å². The van der Waals surface area contributed by atoms with Crippen molar-refractivity contribution in [3.05, 3.63) is 42.0 Å². The molecule has 4 rings (SSSR count). The van der Waals surface area contributed by atoms with Crippen molar-refractivity contribution in [2.45, 2.75) is 13.3 Å². The summed E-state index contributed by atoms with van der Waals surface area (Å²) >= 11 is 0. The van der Waals surface area contributed by atoms with E-state index >= 15 is 0 Å². The van der Waals surface area contributed by atoms with Crippen molar-refractivity contribution in [1.29, 1.82) is 0 Å². The molecule has 1 aromatic rings. The fourth-order valence-electron chi connectivity index (χ4n) is 4.14. The molecule has 1 saturated carbocycles. The summed E-state index contributed by atoms with van der Waals surface area (Å²) in [5, 5.41) is 0. The number of nitrogens with zero attached hydrogens (tertiary/aromatic N) is 1. The van der Waals surface area contributed by atoms with Crippen LogP contribution < -0.4 is 4.90 Å². The molecule has 4 atom stereocenters. The number of anilines is 1. The number of ether oxygens (including phenoxy) is 1. The molecule has 0 spiro atoms. The minimum atomic E-state index is -0.449. The van der Waals surface area contributed by atoms with Gasteiger partial charge < -0.3 is 4.74 Å². The lowest BCUT2D eigenvalue weighted by Crippen LogP contribution is -2.33. The van der Waals surface area contributed by atoms with Crippen molar-refractivity contribution in [3.63, 3.8) is 0 Å². The third kappa shape index (κ3) is 1.96. The summed E-state index contributed by atoms with van der Waals surface area (Å²) in [4.78, 5) is 38.6. The highest BCUT2D eigenvalue weighted by atomic mass is 16.5. The van der Waals surface area contributed by atoms with Crippen LogP contribution in [0.5, 0.6) is 0 Å². The molecule has 1 saturated heterocycles. The summed E-state index contributed by atoms with van der Waals surface area (Å²) in [6.07, 6.45) is 5.04. The SMILES string of the molecule is CCOC(=O)c1cccc(N2C(=O)[C@@H]3[C@H](C2=O)[C@@H]2C=C[C@H]3C2)c1. The minimum Gasteiger partial charge on any atom is -0.462 e. The van der Waals surface area contributed by atoms with Gasteiger partial charge in [0.15, 0.2) is 0 Å². The van der Waals surface area contributed by atoms with Gasteiger partial charge in [-0.05, 0) is 43.4 Å². The predicted molar refractivity (Wildman–Crippen MR) is 82.6 cm³/mol. The summed E-state index contributed by atoms with van der Waals surface area (Å²) in [6.45, 7) is 2.02. The molecule has 2 amide bonds. The second kappa shape index (κ2) is 5.05. The Hall–Kier alpha value is -2.43. The monoisotopic (exact) mass is 311 g/mol. The van der Waals surface area contributed by atoms with Crippen molar-refractivity contribution in [1.82, 2.24) is 0 Å². The smallest absolute Gasteiger partial charge is 0.338 e. The Morgan fingerprint density at radius 1 is 1.17 bits per heavy atom. The first kappa shape index (κ1) is 14.2. The van der Waals surface area contributed by atoms with Crippen LogP contribution in [0.3, 0.4) is 0 Å². The van der Waals surface area contributed by atoms with Gasteiger partial charge in [0, 0.05) is 0 Å². The Morgan fingerprint density at radius 2 is 1.83 bits per heavy atom. The van der Waals surface area contributed by atoms with E-state index in [2.05, 4.69) is 12.2 Å². The first-order valence-corrected chi connectivity index (χ1v) is 7.95. The number of carbonyl (C=O) groups is 3. The predicted octanol–water partition coefficient (Wildman–Crippen LogP) is 2.17. The van der Waals surface area contributed by atoms with Gasteiger partial charge in [0.25, 0.3) is 0 Å². The maximum Gasteiger partial charge on any atom is 0.338 e. The van der Waals surface area contributed by atoms with Crippen LogP contribution in [0, 0.1) is 23.7 Å². The Morgan fingerprint density at radius 3 is 2.43 bits per heavy atom. The lowest BCUT2D eigenvalue weighted by molar-refractivity contribution is -0.123. The molecule has 1 aromatic carbocycles. The zero-order chi connectivity index (χ0) is 16.1. The fraction of sp³-hybridized carbons (Fsp3) is 0.389. The number of carbonyl (C=O) groups excluding carboxylic acids is 3. The summed E-state index contributed by atoms with van der Waals surface area (Å²) in [5.74, 6) is -0.835. The molecule has 5 heteroatoms. The number of amides is 2. The van der Waals surface area contributed by atoms with Crippen LogP contribution >= 0.6 is 0 Å². The Kier molecular flexibility index (Phi) is 3.11. The molecule has 1 heterocycles. The molecule has 118 valence electrons. The first-order chi connectivity index (χ1) is 11.1. The average Bonchev–Trinajstić information content (AvgIpc) is 3.22. The Labute approximate surface area is 133 Å². The fourth-order valence-corrected chi connectivity index (χ4v) is 4.14. The quantitative estimate of drug-likeness (QED) is 0.487. The molecule has 0 radical (unpaired) electrons. The minimum absolute atomic E-state index is 0.141. The molecule has 2 aliphatic carbocycles. The normalized spacial score (nSPS) is 30.9. The van der Waals surface area contributed by atoms with E-state index in [0.29, 0.717) is 11.3 Å². The molecule has 0 N–H and O–H groups in total. The Bertz CT molecular complexity index is 708. The first-order valence-electron chi connectivity index (χ1n) is 7.95. The van der Waals surface area contributed by atoms with Gasteiger partial charge in [-0.3, -0.25) is 9.59 Å². The maximum atomic E-state index is 12.7. The molecular formula is C18H17NO4. The standard InChI is InChI=1S/C18H17NO4/c1-2-23-18(22)12-4-3-5-13(9-12)19-16(20)14-10-6-7-11(8-10)15(14)17(19)21/h3-7,9-11,14-15H,2,8H2,1H3/t10-,11+,14-,15+. The van der Waals surface area contributed by atoms with Crippen molar-refractivity contribution in [3.8, 4) is 0 Å². The van der Waals surface area contributed by atoms with Gasteiger partial charge in [-0.2, -0.15) is 0 Å². The molecule has 0 aromatic heterocycles. The zero-order valence-corrected chi connectivity index (χ0v) is 12.8. The van der Waals surface area contributed by atoms with E-state index in [1.807, 2.05) is 0 Å². The second-order valence-electron chi connectivity index (χ2n) is 6.28. The van der Waals surface area contributed by atoms with Crippen molar-refractivity contribution < 1.29 is 19.1 Å². The number of rotatable bonds is 3. The van der Waals surface area contributed by atoms with Gasteiger partial charge in [-0.25, -0.2) is 9.69 Å². The molecule has 1 aliphatic heterocycles. The van der Waals surface area contributed by atoms with E-state index in [9.17, 15) is 14.4 Å².